The molecular weight excluding hydrogens is 284 g/mol. The van der Waals surface area contributed by atoms with Gasteiger partial charge in [-0.05, 0) is 18.8 Å². The lowest BCUT2D eigenvalue weighted by molar-refractivity contribution is -0.141. The molecule has 3 aliphatic rings. The zero-order valence-electron chi connectivity index (χ0n) is 10.9. The topological polar surface area (TPSA) is 101 Å². The number of rotatable bonds is 2. The van der Waals surface area contributed by atoms with Crippen molar-refractivity contribution in [1.82, 2.24) is 9.80 Å². The van der Waals surface area contributed by atoms with Crippen LogP contribution in [0.5, 0.6) is 0 Å². The number of carbonyl (C=O) groups excluding carboxylic acids is 1. The maximum Gasteiger partial charge on any atom is 0.327 e. The maximum absolute atomic E-state index is 12.5. The van der Waals surface area contributed by atoms with Crippen LogP contribution >= 0.6 is 11.8 Å². The highest BCUT2D eigenvalue weighted by Crippen LogP contribution is 2.45. The molecule has 7 nitrogen and oxygen atoms in total. The molecule has 2 heterocycles. The van der Waals surface area contributed by atoms with Crippen LogP contribution in [-0.2, 0) is 4.79 Å². The van der Waals surface area contributed by atoms with Crippen LogP contribution in [0, 0.1) is 5.92 Å². The fourth-order valence-corrected chi connectivity index (χ4v) is 4.42. The molecule has 8 heteroatoms. The van der Waals surface area contributed by atoms with E-state index in [0.29, 0.717) is 11.7 Å². The Hall–Kier alpha value is -0.990. The van der Waals surface area contributed by atoms with Gasteiger partial charge in [-0.1, -0.05) is 0 Å². The van der Waals surface area contributed by atoms with Gasteiger partial charge in [-0.15, -0.1) is 11.8 Å². The van der Waals surface area contributed by atoms with Crippen LogP contribution in [0.15, 0.2) is 0 Å². The third kappa shape index (κ3) is 2.36. The molecule has 0 radical (unpaired) electrons. The number of carbonyl (C=O) groups is 2. The van der Waals surface area contributed by atoms with E-state index in [4.69, 9.17) is 0 Å². The Kier molecular flexibility index (Phi) is 3.55. The Balaban J connectivity index is 1.77. The number of amides is 2. The van der Waals surface area contributed by atoms with Gasteiger partial charge in [0.2, 0.25) is 0 Å². The van der Waals surface area contributed by atoms with E-state index in [1.807, 2.05) is 0 Å². The zero-order valence-corrected chi connectivity index (χ0v) is 11.7. The standard InChI is InChI=1S/C12H18N2O5S/c15-8-3-13(4-9(8)16)12(19)14-7(11(17)18)5-20-10(14)6-1-2-6/h6-10,15-16H,1-5H2,(H,17,18). The predicted octanol–water partition coefficient (Wildman–Crippen LogP) is -0.618. The molecule has 4 unspecified atom stereocenters. The second-order valence-electron chi connectivity index (χ2n) is 5.64. The Morgan fingerprint density at radius 1 is 1.10 bits per heavy atom. The summed E-state index contributed by atoms with van der Waals surface area (Å²) in [6.07, 6.45) is 0.159. The lowest BCUT2D eigenvalue weighted by Gasteiger charge is -2.31. The van der Waals surface area contributed by atoms with Crippen molar-refractivity contribution in [3.63, 3.8) is 0 Å². The van der Waals surface area contributed by atoms with Crippen LogP contribution < -0.4 is 0 Å². The third-order valence-electron chi connectivity index (χ3n) is 4.10. The normalized spacial score (nSPS) is 37.5. The number of hydrogen-bond donors (Lipinski definition) is 3. The van der Waals surface area contributed by atoms with Gasteiger partial charge in [0.25, 0.3) is 0 Å². The number of thioether (sulfide) groups is 1. The van der Waals surface area contributed by atoms with Crippen LogP contribution in [0.1, 0.15) is 12.8 Å². The highest BCUT2D eigenvalue weighted by atomic mass is 32.2. The molecule has 0 bridgehead atoms. The average Bonchev–Trinajstić information content (AvgIpc) is 3.05. The molecule has 0 spiro atoms. The summed E-state index contributed by atoms with van der Waals surface area (Å²) in [6.45, 7) is 0.121. The minimum atomic E-state index is -0.991. The van der Waals surface area contributed by atoms with E-state index >= 15 is 0 Å². The highest BCUT2D eigenvalue weighted by Gasteiger charge is 2.50. The number of likely N-dealkylation sites (tertiary alicyclic amines) is 1. The van der Waals surface area contributed by atoms with Crippen LogP contribution in [0.25, 0.3) is 0 Å². The molecule has 3 fully saturated rings. The first-order chi connectivity index (χ1) is 9.49. The molecule has 0 aromatic heterocycles. The van der Waals surface area contributed by atoms with Gasteiger partial charge in [0.15, 0.2) is 0 Å². The Bertz CT molecular complexity index is 420. The molecule has 1 saturated carbocycles. The third-order valence-corrected chi connectivity index (χ3v) is 5.56. The summed E-state index contributed by atoms with van der Waals surface area (Å²) in [5, 5.41) is 28.3. The van der Waals surface area contributed by atoms with Crippen molar-refractivity contribution in [3.8, 4) is 0 Å². The molecule has 2 saturated heterocycles. The summed E-state index contributed by atoms with van der Waals surface area (Å²) in [6, 6.07) is -1.19. The molecule has 20 heavy (non-hydrogen) atoms. The predicted molar refractivity (Wildman–Crippen MR) is 71.2 cm³/mol. The molecule has 0 aromatic rings. The molecule has 2 amide bonds. The minimum absolute atomic E-state index is 0.0604. The number of urea groups is 1. The van der Waals surface area contributed by atoms with E-state index in [-0.39, 0.29) is 24.5 Å². The lowest BCUT2D eigenvalue weighted by atomic mass is 10.2. The quantitative estimate of drug-likeness (QED) is 0.628. The first-order valence-electron chi connectivity index (χ1n) is 6.77. The molecule has 0 aromatic carbocycles. The lowest BCUT2D eigenvalue weighted by Crippen LogP contribution is -2.51. The summed E-state index contributed by atoms with van der Waals surface area (Å²) in [5.41, 5.74) is 0. The van der Waals surface area contributed by atoms with E-state index in [0.717, 1.165) is 12.8 Å². The average molecular weight is 302 g/mol. The molecule has 1 aliphatic carbocycles. The number of carboxylic acid groups (broad SMARTS) is 1. The van der Waals surface area contributed by atoms with E-state index in [2.05, 4.69) is 0 Å². The zero-order chi connectivity index (χ0) is 14.4. The fourth-order valence-electron chi connectivity index (χ4n) is 2.79. The minimum Gasteiger partial charge on any atom is -0.480 e. The summed E-state index contributed by atoms with van der Waals surface area (Å²) in [4.78, 5) is 26.7. The van der Waals surface area contributed by atoms with Crippen LogP contribution in [0.2, 0.25) is 0 Å². The molecular formula is C12H18N2O5S. The van der Waals surface area contributed by atoms with Crippen molar-refractivity contribution in [2.24, 2.45) is 5.92 Å². The van der Waals surface area contributed by atoms with Gasteiger partial charge < -0.3 is 20.2 Å². The van der Waals surface area contributed by atoms with Gasteiger partial charge in [-0.2, -0.15) is 0 Å². The molecule has 2 aliphatic heterocycles. The number of aliphatic carboxylic acids is 1. The van der Waals surface area contributed by atoms with E-state index < -0.39 is 24.2 Å². The van der Waals surface area contributed by atoms with Crippen molar-refractivity contribution in [2.75, 3.05) is 18.8 Å². The Labute approximate surface area is 120 Å². The number of aliphatic hydroxyl groups is 2. The molecule has 4 atom stereocenters. The number of nitrogens with zero attached hydrogens (tertiary/aromatic N) is 2. The Morgan fingerprint density at radius 3 is 2.20 bits per heavy atom. The van der Waals surface area contributed by atoms with Gasteiger partial charge >= 0.3 is 12.0 Å². The van der Waals surface area contributed by atoms with Crippen LogP contribution in [0.4, 0.5) is 4.79 Å². The number of aliphatic hydroxyl groups excluding tert-OH is 2. The largest absolute Gasteiger partial charge is 0.480 e. The van der Waals surface area contributed by atoms with Crippen molar-refractivity contribution in [3.05, 3.63) is 0 Å². The summed E-state index contributed by atoms with van der Waals surface area (Å²) in [7, 11) is 0. The van der Waals surface area contributed by atoms with Gasteiger partial charge in [0.1, 0.15) is 6.04 Å². The van der Waals surface area contributed by atoms with Crippen molar-refractivity contribution in [1.29, 1.82) is 0 Å². The first kappa shape index (κ1) is 14.0. The fraction of sp³-hybridized carbons (Fsp3) is 0.833. The van der Waals surface area contributed by atoms with Gasteiger partial charge in [-0.25, -0.2) is 9.59 Å². The van der Waals surface area contributed by atoms with Gasteiger partial charge in [0, 0.05) is 5.75 Å². The number of carboxylic acids is 1. The van der Waals surface area contributed by atoms with Crippen LogP contribution in [0.3, 0.4) is 0 Å². The SMILES string of the molecule is O=C(O)C1CSC(C2CC2)N1C(=O)N1CC(O)C(O)C1. The van der Waals surface area contributed by atoms with E-state index in [1.54, 1.807) is 0 Å². The van der Waals surface area contributed by atoms with E-state index in [9.17, 15) is 24.9 Å². The van der Waals surface area contributed by atoms with Gasteiger partial charge in [-0.3, -0.25) is 4.90 Å². The summed E-state index contributed by atoms with van der Waals surface area (Å²) in [5.74, 6) is -0.207. The summed E-state index contributed by atoms with van der Waals surface area (Å²) < 4.78 is 0. The van der Waals surface area contributed by atoms with E-state index in [1.165, 1.54) is 21.6 Å². The van der Waals surface area contributed by atoms with Crippen molar-refractivity contribution in [2.45, 2.75) is 36.5 Å². The monoisotopic (exact) mass is 302 g/mol. The first-order valence-corrected chi connectivity index (χ1v) is 7.81. The Morgan fingerprint density at radius 2 is 1.70 bits per heavy atom. The second kappa shape index (κ2) is 5.09. The second-order valence-corrected chi connectivity index (χ2v) is 6.79. The molecule has 3 N–H and O–H groups in total. The highest BCUT2D eigenvalue weighted by molar-refractivity contribution is 8.00. The van der Waals surface area contributed by atoms with Crippen LogP contribution in [-0.4, -0.2) is 79.6 Å². The molecule has 3 rings (SSSR count). The van der Waals surface area contributed by atoms with Crippen molar-refractivity contribution >= 4 is 23.8 Å². The summed E-state index contributed by atoms with van der Waals surface area (Å²) >= 11 is 1.52. The smallest absolute Gasteiger partial charge is 0.327 e. The van der Waals surface area contributed by atoms with Crippen molar-refractivity contribution < 1.29 is 24.9 Å². The maximum atomic E-state index is 12.5. The van der Waals surface area contributed by atoms with Gasteiger partial charge in [0.05, 0.1) is 30.7 Å². The number of β-amino-alcohol motifs (C(OH)–C–C–N with tert-alkyl or cyclic N) is 2. The molecule has 112 valence electrons. The number of hydrogen-bond acceptors (Lipinski definition) is 5.